The summed E-state index contributed by atoms with van der Waals surface area (Å²) in [7, 11) is 1.69. The first-order chi connectivity index (χ1) is 10.9. The second kappa shape index (κ2) is 10.4. The van der Waals surface area contributed by atoms with Crippen LogP contribution in [0.4, 0.5) is 0 Å². The smallest absolute Gasteiger partial charge is 0.239 e. The average Bonchev–Trinajstić information content (AvgIpc) is 2.97. The van der Waals surface area contributed by atoms with Crippen LogP contribution in [0, 0.1) is 0 Å². The summed E-state index contributed by atoms with van der Waals surface area (Å²) in [5.41, 5.74) is -0.226. The molecule has 0 radical (unpaired) electrons. The predicted molar refractivity (Wildman–Crippen MR) is 91.7 cm³/mol. The van der Waals surface area contributed by atoms with Crippen LogP contribution in [-0.4, -0.2) is 63.5 Å². The number of amides is 1. The molecule has 1 amide bonds. The number of nitrogens with one attached hydrogen (secondary N) is 3. The van der Waals surface area contributed by atoms with Gasteiger partial charge >= 0.3 is 0 Å². The van der Waals surface area contributed by atoms with Crippen molar-refractivity contribution < 1.29 is 14.3 Å². The van der Waals surface area contributed by atoms with Crippen LogP contribution in [-0.2, 0) is 14.3 Å². The number of rotatable bonds is 8. The van der Waals surface area contributed by atoms with Crippen LogP contribution in [0.2, 0.25) is 0 Å². The fourth-order valence-electron chi connectivity index (χ4n) is 2.22. The summed E-state index contributed by atoms with van der Waals surface area (Å²) in [6.07, 6.45) is 3.40. The van der Waals surface area contributed by atoms with E-state index in [4.69, 9.17) is 9.47 Å². The maximum Gasteiger partial charge on any atom is 0.239 e. The van der Waals surface area contributed by atoms with Gasteiger partial charge in [0.15, 0.2) is 5.96 Å². The zero-order valence-corrected chi connectivity index (χ0v) is 14.9. The van der Waals surface area contributed by atoms with E-state index in [1.807, 2.05) is 20.8 Å². The topological polar surface area (TPSA) is 84.0 Å². The monoisotopic (exact) mass is 328 g/mol. The molecule has 23 heavy (non-hydrogen) atoms. The summed E-state index contributed by atoms with van der Waals surface area (Å²) in [6, 6.07) is 0. The Hall–Kier alpha value is -1.34. The lowest BCUT2D eigenvalue weighted by Gasteiger charge is -2.21. The lowest BCUT2D eigenvalue weighted by atomic mass is 10.1. The van der Waals surface area contributed by atoms with Crippen molar-refractivity contribution in [3.63, 3.8) is 0 Å². The number of hydrogen-bond donors (Lipinski definition) is 3. The summed E-state index contributed by atoms with van der Waals surface area (Å²) in [4.78, 5) is 15.8. The molecule has 7 heteroatoms. The minimum Gasteiger partial charge on any atom is -0.379 e. The molecule has 1 fully saturated rings. The van der Waals surface area contributed by atoms with Gasteiger partial charge in [0.1, 0.15) is 0 Å². The molecule has 1 aliphatic heterocycles. The Morgan fingerprint density at radius 3 is 2.74 bits per heavy atom. The number of guanidine groups is 1. The molecular formula is C16H32N4O3. The van der Waals surface area contributed by atoms with Crippen molar-refractivity contribution in [2.75, 3.05) is 40.0 Å². The summed E-state index contributed by atoms with van der Waals surface area (Å²) in [6.45, 7) is 9.03. The molecule has 0 aromatic rings. The summed E-state index contributed by atoms with van der Waals surface area (Å²) < 4.78 is 11.1. The third-order valence-electron chi connectivity index (χ3n) is 3.24. The number of ether oxygens (including phenoxy) is 2. The molecular weight excluding hydrogens is 296 g/mol. The van der Waals surface area contributed by atoms with Crippen LogP contribution in [0.15, 0.2) is 4.99 Å². The van der Waals surface area contributed by atoms with Crippen LogP contribution in [0.1, 0.15) is 40.0 Å². The number of hydrogen-bond acceptors (Lipinski definition) is 4. The van der Waals surface area contributed by atoms with Gasteiger partial charge in [-0.1, -0.05) is 0 Å². The fraction of sp³-hybridized carbons (Fsp3) is 0.875. The minimum atomic E-state index is -0.226. The maximum absolute atomic E-state index is 11.7. The van der Waals surface area contributed by atoms with E-state index in [1.165, 1.54) is 0 Å². The van der Waals surface area contributed by atoms with Gasteiger partial charge in [0.2, 0.25) is 5.91 Å². The largest absolute Gasteiger partial charge is 0.379 e. The molecule has 7 nitrogen and oxygen atoms in total. The molecule has 0 aliphatic carbocycles. The first kappa shape index (κ1) is 19.7. The highest BCUT2D eigenvalue weighted by Crippen LogP contribution is 2.11. The first-order valence-electron chi connectivity index (χ1n) is 8.35. The second-order valence-corrected chi connectivity index (χ2v) is 6.71. The van der Waals surface area contributed by atoms with Crippen molar-refractivity contribution in [3.05, 3.63) is 0 Å². The Morgan fingerprint density at radius 1 is 1.35 bits per heavy atom. The summed E-state index contributed by atoms with van der Waals surface area (Å²) >= 11 is 0. The highest BCUT2D eigenvalue weighted by molar-refractivity contribution is 5.86. The van der Waals surface area contributed by atoms with Crippen molar-refractivity contribution in [1.29, 1.82) is 0 Å². The molecule has 3 N–H and O–H groups in total. The van der Waals surface area contributed by atoms with Crippen LogP contribution in [0.5, 0.6) is 0 Å². The zero-order chi connectivity index (χ0) is 17.1. The standard InChI is InChI=1S/C16H32N4O3/c1-16(2,3)20-14(21)11-19-15(17-4)18-8-6-9-22-12-13-7-5-10-23-13/h13H,5-12H2,1-4H3,(H,20,21)(H2,17,18,19). The van der Waals surface area contributed by atoms with Gasteiger partial charge in [0, 0.05) is 32.3 Å². The highest BCUT2D eigenvalue weighted by atomic mass is 16.5. The van der Waals surface area contributed by atoms with Gasteiger partial charge in [-0.05, 0) is 40.0 Å². The van der Waals surface area contributed by atoms with Gasteiger partial charge in [-0.3, -0.25) is 9.79 Å². The number of carbonyl (C=O) groups is 1. The maximum atomic E-state index is 11.7. The van der Waals surface area contributed by atoms with Crippen molar-refractivity contribution in [2.24, 2.45) is 4.99 Å². The Kier molecular flexibility index (Phi) is 8.94. The van der Waals surface area contributed by atoms with Crippen LogP contribution in [0.25, 0.3) is 0 Å². The molecule has 1 saturated heterocycles. The molecule has 0 bridgehead atoms. The van der Waals surface area contributed by atoms with Crippen LogP contribution >= 0.6 is 0 Å². The molecule has 1 aliphatic rings. The van der Waals surface area contributed by atoms with E-state index >= 15 is 0 Å². The molecule has 0 saturated carbocycles. The first-order valence-corrected chi connectivity index (χ1v) is 8.35. The Balaban J connectivity index is 2.03. The quantitative estimate of drug-likeness (QED) is 0.346. The average molecular weight is 328 g/mol. The van der Waals surface area contributed by atoms with Crippen molar-refractivity contribution in [2.45, 2.75) is 51.7 Å². The van der Waals surface area contributed by atoms with Crippen molar-refractivity contribution in [1.82, 2.24) is 16.0 Å². The van der Waals surface area contributed by atoms with Crippen LogP contribution in [0.3, 0.4) is 0 Å². The highest BCUT2D eigenvalue weighted by Gasteiger charge is 2.15. The molecule has 134 valence electrons. The van der Waals surface area contributed by atoms with E-state index in [0.29, 0.717) is 19.2 Å². The normalized spacial score (nSPS) is 18.8. The van der Waals surface area contributed by atoms with Gasteiger partial charge in [0.05, 0.1) is 19.3 Å². The minimum absolute atomic E-state index is 0.0552. The third-order valence-corrected chi connectivity index (χ3v) is 3.24. The molecule has 1 unspecified atom stereocenters. The Bertz CT molecular complexity index is 374. The van der Waals surface area contributed by atoms with E-state index in [9.17, 15) is 4.79 Å². The molecule has 0 aromatic carbocycles. The molecule has 1 atom stereocenters. The summed E-state index contributed by atoms with van der Waals surface area (Å²) in [5.74, 6) is 0.563. The lowest BCUT2D eigenvalue weighted by Crippen LogP contribution is -2.48. The van der Waals surface area contributed by atoms with Gasteiger partial charge in [-0.15, -0.1) is 0 Å². The lowest BCUT2D eigenvalue weighted by molar-refractivity contribution is -0.121. The van der Waals surface area contributed by atoms with Gasteiger partial charge in [-0.25, -0.2) is 0 Å². The van der Waals surface area contributed by atoms with Crippen molar-refractivity contribution in [3.8, 4) is 0 Å². The molecule has 1 heterocycles. The second-order valence-electron chi connectivity index (χ2n) is 6.71. The number of carbonyl (C=O) groups excluding carboxylic acids is 1. The van der Waals surface area contributed by atoms with E-state index < -0.39 is 0 Å². The molecule has 0 spiro atoms. The molecule has 1 rings (SSSR count). The van der Waals surface area contributed by atoms with E-state index in [1.54, 1.807) is 7.05 Å². The fourth-order valence-corrected chi connectivity index (χ4v) is 2.22. The van der Waals surface area contributed by atoms with E-state index in [-0.39, 0.29) is 24.1 Å². The Morgan fingerprint density at radius 2 is 2.13 bits per heavy atom. The summed E-state index contributed by atoms with van der Waals surface area (Å²) in [5, 5.41) is 9.05. The van der Waals surface area contributed by atoms with E-state index in [0.717, 1.165) is 32.4 Å². The van der Waals surface area contributed by atoms with E-state index in [2.05, 4.69) is 20.9 Å². The zero-order valence-electron chi connectivity index (χ0n) is 14.9. The SMILES string of the molecule is CN=C(NCCCOCC1CCCO1)NCC(=O)NC(C)(C)C. The van der Waals surface area contributed by atoms with Crippen LogP contribution < -0.4 is 16.0 Å². The Labute approximate surface area is 139 Å². The van der Waals surface area contributed by atoms with Gasteiger partial charge < -0.3 is 25.4 Å². The number of aliphatic imine (C=N–C) groups is 1. The predicted octanol–water partition coefficient (Wildman–Crippen LogP) is 0.652. The van der Waals surface area contributed by atoms with Crippen molar-refractivity contribution >= 4 is 11.9 Å². The third kappa shape index (κ3) is 10.1. The van der Waals surface area contributed by atoms with Gasteiger partial charge in [-0.2, -0.15) is 0 Å². The van der Waals surface area contributed by atoms with Gasteiger partial charge in [0.25, 0.3) is 0 Å². The molecule has 0 aromatic heterocycles. The number of nitrogens with zero attached hydrogens (tertiary/aromatic N) is 1.